The Kier molecular flexibility index (Phi) is 20.5. The molecule has 0 spiro atoms. The third-order valence-corrected chi connectivity index (χ3v) is 14.7. The molecular weight excluding hydrogens is 993 g/mol. The number of aryl methyl sites for hydroxylation is 1. The Morgan fingerprint density at radius 1 is 0.779 bits per heavy atom. The molecule has 3 aliphatic rings. The first kappa shape index (κ1) is 56.8. The van der Waals surface area contributed by atoms with E-state index in [4.69, 9.17) is 24.7 Å². The average molecular weight is 1060 g/mol. The molecule has 0 aliphatic heterocycles. The summed E-state index contributed by atoms with van der Waals surface area (Å²) in [6.45, 7) is 0.467. The minimum absolute atomic E-state index is 0.0420. The zero-order chi connectivity index (χ0) is 54.7. The van der Waals surface area contributed by atoms with E-state index in [0.717, 1.165) is 49.7 Å². The number of aliphatic hydroxyl groups excluding tert-OH is 1. The summed E-state index contributed by atoms with van der Waals surface area (Å²) in [5, 5.41) is 30.9. The van der Waals surface area contributed by atoms with E-state index in [9.17, 15) is 44.0 Å². The summed E-state index contributed by atoms with van der Waals surface area (Å²) in [6.07, 6.45) is 4.81. The maximum atomic E-state index is 14.1. The smallest absolute Gasteiger partial charge is 0.331 e. The number of carbonyl (C=O) groups excluding carboxylic acids is 6. The van der Waals surface area contributed by atoms with Crippen LogP contribution in [-0.2, 0) is 69.2 Å². The molecule has 0 heterocycles. The summed E-state index contributed by atoms with van der Waals surface area (Å²) in [5.41, 5.74) is 11.8. The van der Waals surface area contributed by atoms with Gasteiger partial charge in [-0.2, -0.15) is 0 Å². The predicted octanol–water partition coefficient (Wildman–Crippen LogP) is 3.82. The fourth-order valence-electron chi connectivity index (χ4n) is 10.7. The van der Waals surface area contributed by atoms with Crippen molar-refractivity contribution < 1.29 is 57.9 Å². The van der Waals surface area contributed by atoms with Crippen LogP contribution in [0.4, 0.5) is 0 Å². The van der Waals surface area contributed by atoms with Gasteiger partial charge in [0.15, 0.2) is 17.7 Å². The second-order valence-corrected chi connectivity index (χ2v) is 19.9. The number of fused-ring (bicyclic) bond motifs is 5. The highest BCUT2D eigenvalue weighted by molar-refractivity contribution is 5.95. The van der Waals surface area contributed by atoms with Gasteiger partial charge in [0.25, 0.3) is 11.9 Å². The summed E-state index contributed by atoms with van der Waals surface area (Å²) < 4.78 is 22.7. The van der Waals surface area contributed by atoms with Crippen molar-refractivity contribution >= 4 is 41.5 Å². The van der Waals surface area contributed by atoms with Crippen molar-refractivity contribution in [2.75, 3.05) is 26.3 Å². The molecule has 410 valence electrons. The van der Waals surface area contributed by atoms with Gasteiger partial charge in [-0.15, -0.1) is 0 Å². The van der Waals surface area contributed by atoms with Crippen LogP contribution >= 0.6 is 0 Å². The highest BCUT2D eigenvalue weighted by atomic mass is 16.7. The van der Waals surface area contributed by atoms with Gasteiger partial charge in [0.1, 0.15) is 31.0 Å². The number of aliphatic hydroxyl groups is 1. The topological polar surface area (TPSA) is 301 Å². The number of hydrogen-bond donors (Lipinski definition) is 7. The molecule has 8 N–H and O–H groups in total. The molecule has 2 saturated carbocycles. The van der Waals surface area contributed by atoms with Crippen molar-refractivity contribution in [3.8, 4) is 5.75 Å². The predicted molar refractivity (Wildman–Crippen MR) is 280 cm³/mol. The van der Waals surface area contributed by atoms with Crippen molar-refractivity contribution in [3.05, 3.63) is 147 Å². The molecule has 4 amide bonds. The number of esters is 2. The van der Waals surface area contributed by atoms with Gasteiger partial charge in [-0.05, 0) is 114 Å². The molecule has 4 aromatic rings. The average Bonchev–Trinajstić information content (AvgIpc) is 3.85. The van der Waals surface area contributed by atoms with Crippen molar-refractivity contribution in [3.63, 3.8) is 0 Å². The van der Waals surface area contributed by atoms with Crippen molar-refractivity contribution in [2.45, 2.75) is 115 Å². The molecule has 77 heavy (non-hydrogen) atoms. The number of hydrogen-bond acceptors (Lipinski definition) is 14. The number of benzene rings is 4. The van der Waals surface area contributed by atoms with Gasteiger partial charge in [-0.3, -0.25) is 24.0 Å². The summed E-state index contributed by atoms with van der Waals surface area (Å²) in [4.78, 5) is 96.4. The summed E-state index contributed by atoms with van der Waals surface area (Å²) in [7, 11) is 0. The third-order valence-electron chi connectivity index (χ3n) is 14.7. The number of nitrogens with zero attached hydrogens (tertiary/aromatic N) is 2. The highest BCUT2D eigenvalue weighted by Crippen LogP contribution is 2.61. The van der Waals surface area contributed by atoms with Gasteiger partial charge in [0, 0.05) is 6.54 Å². The number of aliphatic imine (C=N–C) groups is 1. The van der Waals surface area contributed by atoms with Gasteiger partial charge < -0.3 is 51.1 Å². The number of guanidine groups is 1. The van der Waals surface area contributed by atoms with Gasteiger partial charge in [-0.1, -0.05) is 109 Å². The summed E-state index contributed by atoms with van der Waals surface area (Å²) >= 11 is 0. The van der Waals surface area contributed by atoms with Crippen LogP contribution in [0.3, 0.4) is 0 Å². The van der Waals surface area contributed by atoms with E-state index in [0.29, 0.717) is 34.6 Å². The second-order valence-electron chi connectivity index (χ2n) is 19.9. The lowest BCUT2D eigenvalue weighted by atomic mass is 9.55. The zero-order valence-corrected chi connectivity index (χ0v) is 43.1. The lowest BCUT2D eigenvalue weighted by Crippen LogP contribution is -2.55. The van der Waals surface area contributed by atoms with Crippen LogP contribution in [0.5, 0.6) is 5.75 Å². The summed E-state index contributed by atoms with van der Waals surface area (Å²) in [5.74, 6) is -3.68. The number of amides is 4. The van der Waals surface area contributed by atoms with E-state index in [-0.39, 0.29) is 57.3 Å². The fourth-order valence-corrected chi connectivity index (χ4v) is 10.7. The lowest BCUT2D eigenvalue weighted by Gasteiger charge is -2.50. The number of rotatable bonds is 26. The Morgan fingerprint density at radius 2 is 1.43 bits per heavy atom. The standard InChI is InChI=1S/C56H68N8O13/c1-56-26-25-42-41-22-20-40(28-39(41)19-21-43(42)44(56)23-24-48(56)65)75-35-50(67)60-45(18-11-27-58-55(57)63-64(72)73)52(69)59-30-49(66)61-46(29-51(68)76-32-37-14-7-3-8-15-37)53(70)62-47(34-74-31-36-12-5-2-6-13-36)54(71)77-33-38-16-9-4-10-17-38/h2-10,12-17,20,22,28,42-48,65H,11,18-19,21,23-27,29-35H2,1H3,(H,59,69)(H,60,67)(H,61,66)(H,62,70)(H3,57,58,63)/t42-,43-,44+,45+,46-,47+,48+,56+/m1/s1. The van der Waals surface area contributed by atoms with E-state index >= 15 is 0 Å². The molecule has 2 fully saturated rings. The number of nitro groups is 1. The first-order valence-electron chi connectivity index (χ1n) is 26.0. The van der Waals surface area contributed by atoms with Crippen LogP contribution in [0.2, 0.25) is 0 Å². The van der Waals surface area contributed by atoms with Gasteiger partial charge in [0.2, 0.25) is 17.7 Å². The molecule has 0 radical (unpaired) electrons. The molecular formula is C56H68N8O13. The zero-order valence-electron chi connectivity index (χ0n) is 43.1. The first-order valence-corrected chi connectivity index (χ1v) is 26.0. The Morgan fingerprint density at radius 3 is 2.10 bits per heavy atom. The minimum Gasteiger partial charge on any atom is -0.484 e. The molecule has 3 aliphatic carbocycles. The van der Waals surface area contributed by atoms with Crippen LogP contribution in [0.25, 0.3) is 0 Å². The van der Waals surface area contributed by atoms with Gasteiger partial charge >= 0.3 is 11.9 Å². The largest absolute Gasteiger partial charge is 0.484 e. The van der Waals surface area contributed by atoms with Crippen LogP contribution < -0.4 is 37.2 Å². The van der Waals surface area contributed by atoms with Crippen molar-refractivity contribution in [2.24, 2.45) is 28.0 Å². The minimum atomic E-state index is -1.63. The van der Waals surface area contributed by atoms with Gasteiger partial charge in [0.05, 0.1) is 32.3 Å². The van der Waals surface area contributed by atoms with Crippen molar-refractivity contribution in [1.82, 2.24) is 26.7 Å². The molecule has 8 atom stereocenters. The number of nitrogens with two attached hydrogens (primary N) is 1. The molecule has 0 aromatic heterocycles. The normalized spacial score (nSPS) is 20.5. The molecule has 4 aromatic carbocycles. The molecule has 0 bridgehead atoms. The van der Waals surface area contributed by atoms with Crippen LogP contribution in [0, 0.1) is 27.4 Å². The monoisotopic (exact) mass is 1060 g/mol. The maximum absolute atomic E-state index is 14.1. The Bertz CT molecular complexity index is 2700. The summed E-state index contributed by atoms with van der Waals surface area (Å²) in [6, 6.07) is 28.3. The number of hydrazine groups is 1. The SMILES string of the molecule is C[C@]12CC[C@@H]3c4ccc(OCC(=O)N[C@@H](CCCN=C(N)N[N+](=O)[O-])C(=O)NCC(=O)N[C@H](CC(=O)OCc5ccccc5)C(=O)N[C@@H](COCc5ccccc5)C(=O)OCc5ccccc5)cc4CC[C@H]3[C@@H]1CC[C@@H]2O. The Hall–Kier alpha value is -7.91. The van der Waals surface area contributed by atoms with Crippen LogP contribution in [-0.4, -0.2) is 102 Å². The van der Waals surface area contributed by atoms with E-state index < -0.39 is 84.3 Å². The van der Waals surface area contributed by atoms with Crippen LogP contribution in [0.15, 0.2) is 114 Å². The van der Waals surface area contributed by atoms with Gasteiger partial charge in [-0.25, -0.2) is 19.9 Å². The third kappa shape index (κ3) is 16.5. The molecule has 7 rings (SSSR count). The molecule has 0 unspecified atom stereocenters. The number of carbonyl (C=O) groups is 6. The molecule has 21 nitrogen and oxygen atoms in total. The Balaban J connectivity index is 0.986. The number of nitrogens with one attached hydrogen (secondary N) is 5. The molecule has 21 heteroatoms. The van der Waals surface area contributed by atoms with E-state index in [2.05, 4.69) is 39.2 Å². The van der Waals surface area contributed by atoms with Crippen LogP contribution in [0.1, 0.15) is 92.0 Å². The second kappa shape index (κ2) is 27.8. The Labute approximate surface area is 446 Å². The fraction of sp³-hybridized carbons (Fsp3) is 0.446. The first-order chi connectivity index (χ1) is 37.1. The van der Waals surface area contributed by atoms with E-state index in [1.54, 1.807) is 66.1 Å². The lowest BCUT2D eigenvalue weighted by molar-refractivity contribution is -0.525. The maximum Gasteiger partial charge on any atom is 0.331 e. The van der Waals surface area contributed by atoms with Crippen molar-refractivity contribution in [1.29, 1.82) is 0 Å². The number of ether oxygens (including phenoxy) is 4. The van der Waals surface area contributed by atoms with E-state index in [1.165, 1.54) is 5.56 Å². The van der Waals surface area contributed by atoms with E-state index in [1.807, 2.05) is 42.5 Å². The highest BCUT2D eigenvalue weighted by Gasteiger charge is 2.54. The quantitative estimate of drug-likeness (QED) is 0.0117. The molecule has 0 saturated heterocycles.